The lowest BCUT2D eigenvalue weighted by Crippen LogP contribution is -2.39. The molecule has 0 bridgehead atoms. The molecule has 1 aromatic carbocycles. The van der Waals surface area contributed by atoms with Crippen LogP contribution in [0.5, 0.6) is 0 Å². The van der Waals surface area contributed by atoms with Gasteiger partial charge in [0, 0.05) is 19.3 Å². The van der Waals surface area contributed by atoms with Gasteiger partial charge in [-0.1, -0.05) is 6.92 Å². The minimum atomic E-state index is -3.92. The number of carbonyl (C=O) groups excluding carboxylic acids is 1. The number of carbonyl (C=O) groups is 1. The van der Waals surface area contributed by atoms with Crippen molar-refractivity contribution in [3.05, 3.63) is 23.8 Å². The van der Waals surface area contributed by atoms with Crippen LogP contribution in [0.3, 0.4) is 0 Å². The SMILES string of the molecule is CCN(CC(=O)NC)S(=O)(=O)c1ccc(N)cc1C#N. The van der Waals surface area contributed by atoms with Crippen LogP contribution in [-0.2, 0) is 14.8 Å². The van der Waals surface area contributed by atoms with Gasteiger partial charge in [-0.2, -0.15) is 9.57 Å². The Morgan fingerprint density at radius 3 is 2.65 bits per heavy atom. The maximum absolute atomic E-state index is 12.5. The lowest BCUT2D eigenvalue weighted by molar-refractivity contribution is -0.120. The van der Waals surface area contributed by atoms with Crippen molar-refractivity contribution in [3.8, 4) is 6.07 Å². The van der Waals surface area contributed by atoms with Gasteiger partial charge in [-0.05, 0) is 18.2 Å². The molecule has 0 aliphatic carbocycles. The Labute approximate surface area is 118 Å². The second-order valence-corrected chi connectivity index (χ2v) is 5.88. The fraction of sp³-hybridized carbons (Fsp3) is 0.333. The van der Waals surface area contributed by atoms with Gasteiger partial charge in [0.25, 0.3) is 0 Å². The van der Waals surface area contributed by atoms with Crippen molar-refractivity contribution in [2.45, 2.75) is 11.8 Å². The monoisotopic (exact) mass is 296 g/mol. The minimum absolute atomic E-state index is 0.0413. The van der Waals surface area contributed by atoms with Gasteiger partial charge in [-0.3, -0.25) is 4.79 Å². The smallest absolute Gasteiger partial charge is 0.244 e. The number of hydrogen-bond acceptors (Lipinski definition) is 5. The van der Waals surface area contributed by atoms with E-state index in [2.05, 4.69) is 5.32 Å². The Balaban J connectivity index is 3.28. The predicted molar refractivity (Wildman–Crippen MR) is 74.1 cm³/mol. The summed E-state index contributed by atoms with van der Waals surface area (Å²) in [7, 11) is -2.50. The van der Waals surface area contributed by atoms with Gasteiger partial charge < -0.3 is 11.1 Å². The average Bonchev–Trinajstić information content (AvgIpc) is 2.43. The third kappa shape index (κ3) is 3.26. The molecule has 0 heterocycles. The maximum atomic E-state index is 12.5. The van der Waals surface area contributed by atoms with E-state index < -0.39 is 15.9 Å². The van der Waals surface area contributed by atoms with Crippen LogP contribution in [0.25, 0.3) is 0 Å². The summed E-state index contributed by atoms with van der Waals surface area (Å²) in [5.41, 5.74) is 5.79. The molecule has 7 nitrogen and oxygen atoms in total. The first kappa shape index (κ1) is 15.9. The summed E-state index contributed by atoms with van der Waals surface area (Å²) >= 11 is 0. The first-order chi connectivity index (χ1) is 9.36. The second kappa shape index (κ2) is 6.36. The molecule has 0 radical (unpaired) electrons. The largest absolute Gasteiger partial charge is 0.399 e. The van der Waals surface area contributed by atoms with E-state index in [0.29, 0.717) is 5.69 Å². The van der Waals surface area contributed by atoms with Crippen molar-refractivity contribution in [2.75, 3.05) is 25.9 Å². The van der Waals surface area contributed by atoms with Crippen molar-refractivity contribution >= 4 is 21.6 Å². The van der Waals surface area contributed by atoms with E-state index in [4.69, 9.17) is 11.0 Å². The van der Waals surface area contributed by atoms with E-state index in [1.165, 1.54) is 25.2 Å². The van der Waals surface area contributed by atoms with E-state index in [0.717, 1.165) is 4.31 Å². The summed E-state index contributed by atoms with van der Waals surface area (Å²) in [4.78, 5) is 11.2. The van der Waals surface area contributed by atoms with Crippen LogP contribution in [0.1, 0.15) is 12.5 Å². The van der Waals surface area contributed by atoms with Gasteiger partial charge in [-0.15, -0.1) is 0 Å². The van der Waals surface area contributed by atoms with Gasteiger partial charge in [0.1, 0.15) is 11.0 Å². The number of rotatable bonds is 5. The zero-order valence-corrected chi connectivity index (χ0v) is 12.1. The number of anilines is 1. The van der Waals surface area contributed by atoms with Crippen LogP contribution in [0.15, 0.2) is 23.1 Å². The second-order valence-electron chi connectivity index (χ2n) is 3.97. The lowest BCUT2D eigenvalue weighted by Gasteiger charge is -2.20. The topological polar surface area (TPSA) is 116 Å². The molecule has 8 heteroatoms. The number of nitrogens with two attached hydrogens (primary N) is 1. The Bertz CT molecular complexity index is 649. The van der Waals surface area contributed by atoms with Gasteiger partial charge in [0.05, 0.1) is 12.1 Å². The molecule has 0 spiro atoms. The van der Waals surface area contributed by atoms with Crippen LogP contribution in [0.2, 0.25) is 0 Å². The van der Waals surface area contributed by atoms with Crippen molar-refractivity contribution in [3.63, 3.8) is 0 Å². The number of nitrogens with one attached hydrogen (secondary N) is 1. The molecule has 0 atom stereocenters. The van der Waals surface area contributed by atoms with Crippen molar-refractivity contribution in [2.24, 2.45) is 0 Å². The maximum Gasteiger partial charge on any atom is 0.244 e. The molecular weight excluding hydrogens is 280 g/mol. The third-order valence-electron chi connectivity index (χ3n) is 2.69. The lowest BCUT2D eigenvalue weighted by atomic mass is 10.2. The molecule has 1 aromatic rings. The van der Waals surface area contributed by atoms with Crippen molar-refractivity contribution < 1.29 is 13.2 Å². The van der Waals surface area contributed by atoms with Crippen LogP contribution in [0, 0.1) is 11.3 Å². The highest BCUT2D eigenvalue weighted by Gasteiger charge is 2.27. The minimum Gasteiger partial charge on any atom is -0.399 e. The number of benzene rings is 1. The zero-order valence-electron chi connectivity index (χ0n) is 11.3. The number of sulfonamides is 1. The summed E-state index contributed by atoms with van der Waals surface area (Å²) in [5.74, 6) is -0.427. The Morgan fingerprint density at radius 2 is 2.15 bits per heavy atom. The fourth-order valence-corrected chi connectivity index (χ4v) is 3.13. The highest BCUT2D eigenvalue weighted by atomic mass is 32.2. The molecule has 108 valence electrons. The first-order valence-electron chi connectivity index (χ1n) is 5.87. The number of nitrogen functional groups attached to an aromatic ring is 1. The summed E-state index contributed by atoms with van der Waals surface area (Å²) in [6, 6.07) is 5.77. The molecule has 0 unspecified atom stereocenters. The van der Waals surface area contributed by atoms with Crippen molar-refractivity contribution in [1.82, 2.24) is 9.62 Å². The number of likely N-dealkylation sites (N-methyl/N-ethyl adjacent to an activating group) is 2. The van der Waals surface area contributed by atoms with Gasteiger partial charge >= 0.3 is 0 Å². The van der Waals surface area contributed by atoms with Crippen LogP contribution in [-0.4, -0.2) is 38.8 Å². The van der Waals surface area contributed by atoms with E-state index in [1.54, 1.807) is 13.0 Å². The molecule has 0 aliphatic heterocycles. The summed E-state index contributed by atoms with van der Waals surface area (Å²) in [5, 5.41) is 11.4. The van der Waals surface area contributed by atoms with E-state index in [-0.39, 0.29) is 23.5 Å². The predicted octanol–water partition coefficient (Wildman–Crippen LogP) is -0.103. The summed E-state index contributed by atoms with van der Waals surface area (Å²) < 4.78 is 25.9. The molecule has 0 fully saturated rings. The first-order valence-corrected chi connectivity index (χ1v) is 7.31. The molecule has 20 heavy (non-hydrogen) atoms. The molecule has 1 rings (SSSR count). The fourth-order valence-electron chi connectivity index (χ4n) is 1.60. The highest BCUT2D eigenvalue weighted by Crippen LogP contribution is 2.21. The molecule has 0 saturated heterocycles. The van der Waals surface area contributed by atoms with Gasteiger partial charge in [0.15, 0.2) is 0 Å². The Hall–Kier alpha value is -2.11. The molecule has 1 amide bonds. The van der Waals surface area contributed by atoms with E-state index in [1.807, 2.05) is 0 Å². The highest BCUT2D eigenvalue weighted by molar-refractivity contribution is 7.89. The van der Waals surface area contributed by atoms with Gasteiger partial charge in [0.2, 0.25) is 15.9 Å². The normalized spacial score (nSPS) is 11.1. The number of amides is 1. The number of hydrogen-bond donors (Lipinski definition) is 2. The van der Waals surface area contributed by atoms with E-state index in [9.17, 15) is 13.2 Å². The quantitative estimate of drug-likeness (QED) is 0.736. The zero-order chi connectivity index (χ0) is 15.3. The van der Waals surface area contributed by atoms with Crippen LogP contribution < -0.4 is 11.1 Å². The molecule has 0 aromatic heterocycles. The Morgan fingerprint density at radius 1 is 1.50 bits per heavy atom. The standard InChI is InChI=1S/C12H16N4O3S/c1-3-16(8-12(17)15-2)20(18,19)11-5-4-10(14)6-9(11)7-13/h4-6H,3,8,14H2,1-2H3,(H,15,17). The molecular formula is C12H16N4O3S. The van der Waals surface area contributed by atoms with Gasteiger partial charge in [-0.25, -0.2) is 8.42 Å². The summed E-state index contributed by atoms with van der Waals surface area (Å²) in [6.07, 6.45) is 0. The van der Waals surface area contributed by atoms with Crippen LogP contribution >= 0.6 is 0 Å². The average molecular weight is 296 g/mol. The third-order valence-corrected chi connectivity index (χ3v) is 4.67. The number of nitrogens with zero attached hydrogens (tertiary/aromatic N) is 2. The molecule has 0 saturated carbocycles. The van der Waals surface area contributed by atoms with Crippen molar-refractivity contribution in [1.29, 1.82) is 5.26 Å². The molecule has 0 aliphatic rings. The van der Waals surface area contributed by atoms with E-state index >= 15 is 0 Å². The summed E-state index contributed by atoms with van der Waals surface area (Å²) in [6.45, 7) is 1.43. The Kier molecular flexibility index (Phi) is 5.07. The molecule has 3 N–H and O–H groups in total. The van der Waals surface area contributed by atoms with Crippen LogP contribution in [0.4, 0.5) is 5.69 Å². The number of nitriles is 1.